The first-order chi connectivity index (χ1) is 15.3. The van der Waals surface area contributed by atoms with Gasteiger partial charge in [-0.3, -0.25) is 0 Å². The highest BCUT2D eigenvalue weighted by molar-refractivity contribution is 5.19. The van der Waals surface area contributed by atoms with Crippen LogP contribution in [0.2, 0.25) is 0 Å². The molecule has 1 heterocycles. The Labute approximate surface area is 186 Å². The van der Waals surface area contributed by atoms with Gasteiger partial charge in [-0.2, -0.15) is 0 Å². The molecular formula is C25H35NO5. The number of benzene rings is 2. The molecule has 3 rings (SSSR count). The third-order valence-corrected chi connectivity index (χ3v) is 5.14. The summed E-state index contributed by atoms with van der Waals surface area (Å²) >= 11 is 0. The average Bonchev–Trinajstić information content (AvgIpc) is 2.81. The lowest BCUT2D eigenvalue weighted by Gasteiger charge is -2.28. The second-order valence-corrected chi connectivity index (χ2v) is 7.60. The molecule has 0 unspecified atom stereocenters. The van der Waals surface area contributed by atoms with Crippen LogP contribution < -0.4 is 0 Å². The zero-order valence-corrected chi connectivity index (χ0v) is 18.5. The van der Waals surface area contributed by atoms with Crippen LogP contribution in [-0.4, -0.2) is 77.9 Å². The third kappa shape index (κ3) is 9.07. The van der Waals surface area contributed by atoms with E-state index < -0.39 is 0 Å². The minimum absolute atomic E-state index is 0.0373. The van der Waals surface area contributed by atoms with Gasteiger partial charge in [-0.15, -0.1) is 0 Å². The molecule has 0 bridgehead atoms. The Morgan fingerprint density at radius 2 is 0.903 bits per heavy atom. The van der Waals surface area contributed by atoms with Gasteiger partial charge >= 0.3 is 0 Å². The van der Waals surface area contributed by atoms with E-state index in [-0.39, 0.29) is 12.2 Å². The van der Waals surface area contributed by atoms with E-state index >= 15 is 0 Å². The molecule has 2 aromatic carbocycles. The molecule has 6 nitrogen and oxygen atoms in total. The predicted octanol–water partition coefficient (Wildman–Crippen LogP) is 3.50. The molecule has 0 spiro atoms. The number of rotatable bonds is 2. The second kappa shape index (κ2) is 14.3. The van der Waals surface area contributed by atoms with Gasteiger partial charge in [0.05, 0.1) is 65.1 Å². The molecule has 0 radical (unpaired) electrons. The molecule has 31 heavy (non-hydrogen) atoms. The summed E-state index contributed by atoms with van der Waals surface area (Å²) in [5.41, 5.74) is 2.33. The molecule has 1 aliphatic rings. The molecular weight excluding hydrogens is 394 g/mol. The fraction of sp³-hybridized carbons (Fsp3) is 0.520. The van der Waals surface area contributed by atoms with Crippen molar-refractivity contribution in [1.82, 2.24) is 4.90 Å². The largest absolute Gasteiger partial charge is 0.377 e. The first kappa shape index (κ1) is 23.9. The predicted molar refractivity (Wildman–Crippen MR) is 120 cm³/mol. The van der Waals surface area contributed by atoms with E-state index in [1.807, 2.05) is 36.4 Å². The van der Waals surface area contributed by atoms with Gasteiger partial charge in [0.2, 0.25) is 0 Å². The Hall–Kier alpha value is -1.80. The summed E-state index contributed by atoms with van der Waals surface area (Å²) in [6.45, 7) is 5.91. The monoisotopic (exact) mass is 429 g/mol. The van der Waals surface area contributed by atoms with E-state index in [2.05, 4.69) is 36.2 Å². The second-order valence-electron chi connectivity index (χ2n) is 7.60. The molecule has 170 valence electrons. The Morgan fingerprint density at radius 1 is 0.548 bits per heavy atom. The van der Waals surface area contributed by atoms with E-state index in [1.54, 1.807) is 0 Å². The van der Waals surface area contributed by atoms with Gasteiger partial charge in [0, 0.05) is 13.1 Å². The summed E-state index contributed by atoms with van der Waals surface area (Å²) in [7, 11) is 2.11. The number of ether oxygens (including phenoxy) is 5. The van der Waals surface area contributed by atoms with Crippen LogP contribution in [0.5, 0.6) is 0 Å². The Balaban J connectivity index is 1.67. The fourth-order valence-electron chi connectivity index (χ4n) is 3.53. The molecule has 1 fully saturated rings. The first-order valence-electron chi connectivity index (χ1n) is 11.1. The van der Waals surface area contributed by atoms with Crippen LogP contribution in [0.15, 0.2) is 60.7 Å². The minimum Gasteiger partial charge on any atom is -0.377 e. The maximum Gasteiger partial charge on any atom is 0.0952 e. The molecule has 2 aromatic rings. The summed E-state index contributed by atoms with van der Waals surface area (Å²) in [5, 5.41) is 0. The average molecular weight is 430 g/mol. The number of nitrogens with zero attached hydrogens (tertiary/aromatic N) is 1. The van der Waals surface area contributed by atoms with Crippen molar-refractivity contribution in [2.24, 2.45) is 0 Å². The molecule has 6 heteroatoms. The molecule has 1 aliphatic heterocycles. The molecule has 1 saturated heterocycles. The maximum absolute atomic E-state index is 6.22. The lowest BCUT2D eigenvalue weighted by Crippen LogP contribution is -2.32. The van der Waals surface area contributed by atoms with Crippen LogP contribution in [0.4, 0.5) is 0 Å². The number of hydrogen-bond acceptors (Lipinski definition) is 6. The molecule has 0 aromatic heterocycles. The highest BCUT2D eigenvalue weighted by Crippen LogP contribution is 2.22. The molecule has 0 saturated carbocycles. The van der Waals surface area contributed by atoms with Crippen LogP contribution in [0.3, 0.4) is 0 Å². The Bertz CT molecular complexity index is 640. The summed E-state index contributed by atoms with van der Waals surface area (Å²) < 4.78 is 29.3. The lowest BCUT2D eigenvalue weighted by molar-refractivity contribution is -0.0484. The van der Waals surface area contributed by atoms with Gasteiger partial charge in [0.25, 0.3) is 0 Å². The highest BCUT2D eigenvalue weighted by Gasteiger charge is 2.19. The summed E-state index contributed by atoms with van der Waals surface area (Å²) in [6, 6.07) is 20.7. The van der Waals surface area contributed by atoms with E-state index in [4.69, 9.17) is 23.7 Å². The Morgan fingerprint density at radius 3 is 1.29 bits per heavy atom. The van der Waals surface area contributed by atoms with Gasteiger partial charge in [0.1, 0.15) is 0 Å². The molecule has 2 atom stereocenters. The first-order valence-corrected chi connectivity index (χ1v) is 11.1. The van der Waals surface area contributed by atoms with Gasteiger partial charge in [0.15, 0.2) is 0 Å². The van der Waals surface area contributed by atoms with Crippen molar-refractivity contribution in [2.45, 2.75) is 12.2 Å². The van der Waals surface area contributed by atoms with E-state index in [9.17, 15) is 0 Å². The van der Waals surface area contributed by atoms with Crippen molar-refractivity contribution >= 4 is 0 Å². The lowest BCUT2D eigenvalue weighted by atomic mass is 10.1. The van der Waals surface area contributed by atoms with Crippen molar-refractivity contribution < 1.29 is 23.7 Å². The number of hydrogen-bond donors (Lipinski definition) is 0. The summed E-state index contributed by atoms with van der Waals surface area (Å²) in [6.07, 6.45) is -0.0746. The SMILES string of the molecule is CN1C[C@@H](c2ccccc2)OCCOCCOCCOCCO[C@H](c2ccccc2)C1. The van der Waals surface area contributed by atoms with Crippen LogP contribution in [0.1, 0.15) is 23.3 Å². The Kier molecular flexibility index (Phi) is 11.0. The van der Waals surface area contributed by atoms with Crippen LogP contribution >= 0.6 is 0 Å². The summed E-state index contributed by atoms with van der Waals surface area (Å²) in [4.78, 5) is 2.27. The van der Waals surface area contributed by atoms with Gasteiger partial charge < -0.3 is 28.6 Å². The molecule has 0 aliphatic carbocycles. The van der Waals surface area contributed by atoms with Crippen molar-refractivity contribution in [3.63, 3.8) is 0 Å². The van der Waals surface area contributed by atoms with Gasteiger partial charge in [-0.05, 0) is 18.2 Å². The maximum atomic E-state index is 6.22. The number of likely N-dealkylation sites (N-methyl/N-ethyl adjacent to an activating group) is 1. The smallest absolute Gasteiger partial charge is 0.0952 e. The minimum atomic E-state index is -0.0373. The van der Waals surface area contributed by atoms with E-state index in [0.717, 1.165) is 24.2 Å². The van der Waals surface area contributed by atoms with Crippen molar-refractivity contribution in [2.75, 3.05) is 73.0 Å². The third-order valence-electron chi connectivity index (χ3n) is 5.14. The van der Waals surface area contributed by atoms with Gasteiger partial charge in [-0.1, -0.05) is 60.7 Å². The normalized spacial score (nSPS) is 24.2. The standard InChI is InChI=1S/C25H35NO5/c1-26-20-24(22-8-4-2-5-9-22)30-18-16-28-14-12-27-13-15-29-17-19-31-25(21-26)23-10-6-3-7-11-23/h2-11,24-25H,12-21H2,1H3/t24-,25-/m0/s1. The van der Waals surface area contributed by atoms with Crippen molar-refractivity contribution in [3.8, 4) is 0 Å². The van der Waals surface area contributed by atoms with E-state index in [0.29, 0.717) is 52.9 Å². The summed E-state index contributed by atoms with van der Waals surface area (Å²) in [5.74, 6) is 0. The topological polar surface area (TPSA) is 49.4 Å². The quantitative estimate of drug-likeness (QED) is 0.728. The van der Waals surface area contributed by atoms with Gasteiger partial charge in [-0.25, -0.2) is 0 Å². The van der Waals surface area contributed by atoms with E-state index in [1.165, 1.54) is 0 Å². The zero-order valence-electron chi connectivity index (χ0n) is 18.5. The molecule has 0 N–H and O–H groups in total. The zero-order chi connectivity index (χ0) is 21.6. The van der Waals surface area contributed by atoms with Crippen molar-refractivity contribution in [1.29, 1.82) is 0 Å². The highest BCUT2D eigenvalue weighted by atomic mass is 16.6. The van der Waals surface area contributed by atoms with Crippen LogP contribution in [0.25, 0.3) is 0 Å². The van der Waals surface area contributed by atoms with Crippen molar-refractivity contribution in [3.05, 3.63) is 71.8 Å². The molecule has 0 amide bonds. The van der Waals surface area contributed by atoms with Crippen LogP contribution in [-0.2, 0) is 23.7 Å². The fourth-order valence-corrected chi connectivity index (χ4v) is 3.53. The van der Waals surface area contributed by atoms with Crippen LogP contribution in [0, 0.1) is 0 Å².